The zero-order valence-corrected chi connectivity index (χ0v) is 21.5. The van der Waals surface area contributed by atoms with Gasteiger partial charge in [0.2, 0.25) is 0 Å². The molecule has 1 aromatic carbocycles. The summed E-state index contributed by atoms with van der Waals surface area (Å²) < 4.78 is 92.7. The quantitative estimate of drug-likeness (QED) is 0.541. The third-order valence-electron chi connectivity index (χ3n) is 6.19. The first-order valence-corrected chi connectivity index (χ1v) is 16.3. The lowest BCUT2D eigenvalue weighted by molar-refractivity contribution is 0.341. The van der Waals surface area contributed by atoms with Crippen LogP contribution in [0.4, 0.5) is 4.39 Å². The molecular weight excluding hydrogens is 526 g/mol. The molecule has 0 saturated carbocycles. The number of hydrogen-bond acceptors (Lipinski definition) is 8. The van der Waals surface area contributed by atoms with E-state index < -0.39 is 47.5 Å². The van der Waals surface area contributed by atoms with Crippen LogP contribution in [0.1, 0.15) is 22.8 Å². The van der Waals surface area contributed by atoms with E-state index in [1.165, 1.54) is 22.5 Å². The van der Waals surface area contributed by atoms with E-state index in [2.05, 4.69) is 0 Å². The van der Waals surface area contributed by atoms with Gasteiger partial charge in [0.25, 0.3) is 10.2 Å². The third kappa shape index (κ3) is 5.37. The molecule has 2 fully saturated rings. The van der Waals surface area contributed by atoms with Gasteiger partial charge in [-0.05, 0) is 42.2 Å². The van der Waals surface area contributed by atoms with Crippen molar-refractivity contribution in [1.82, 2.24) is 8.61 Å². The Morgan fingerprint density at radius 3 is 2.26 bits per heavy atom. The van der Waals surface area contributed by atoms with Crippen LogP contribution in [0.15, 0.2) is 40.6 Å². The minimum absolute atomic E-state index is 0.0237. The molecule has 34 heavy (non-hydrogen) atoms. The van der Waals surface area contributed by atoms with E-state index in [-0.39, 0.29) is 54.2 Å². The summed E-state index contributed by atoms with van der Waals surface area (Å²) in [6.07, 6.45) is 0.241. The highest BCUT2D eigenvalue weighted by molar-refractivity contribution is 7.93. The Hall–Kier alpha value is -1.42. The minimum atomic E-state index is -4.12. The Morgan fingerprint density at radius 2 is 1.68 bits per heavy atom. The number of benzene rings is 1. The molecule has 0 radical (unpaired) electrons. The molecule has 4 rings (SSSR count). The predicted molar refractivity (Wildman–Crippen MR) is 128 cm³/mol. The van der Waals surface area contributed by atoms with Crippen molar-refractivity contribution >= 4 is 41.2 Å². The summed E-state index contributed by atoms with van der Waals surface area (Å²) in [5, 5.41) is 0. The first-order valence-electron chi connectivity index (χ1n) is 10.7. The fraction of sp³-hybridized carbons (Fsp3) is 0.500. The monoisotopic (exact) mass is 551 g/mol. The van der Waals surface area contributed by atoms with Crippen LogP contribution in [0.2, 0.25) is 0 Å². The molecular formula is C20H26FN3O6S4. The molecule has 2 aliphatic rings. The van der Waals surface area contributed by atoms with Gasteiger partial charge in [0.1, 0.15) is 10.0 Å². The summed E-state index contributed by atoms with van der Waals surface area (Å²) >= 11 is 1.06. The van der Waals surface area contributed by atoms with Crippen LogP contribution in [-0.4, -0.2) is 76.8 Å². The first kappa shape index (κ1) is 25.7. The molecule has 9 nitrogen and oxygen atoms in total. The summed E-state index contributed by atoms with van der Waals surface area (Å²) in [6.45, 7) is -0.121. The summed E-state index contributed by atoms with van der Waals surface area (Å²) in [5.41, 5.74) is 6.31. The molecule has 2 N–H and O–H groups in total. The maximum absolute atomic E-state index is 13.5. The molecule has 188 valence electrons. The van der Waals surface area contributed by atoms with Crippen molar-refractivity contribution in [3.8, 4) is 0 Å². The number of sulfone groups is 2. The van der Waals surface area contributed by atoms with Crippen molar-refractivity contribution in [2.75, 3.05) is 36.9 Å². The van der Waals surface area contributed by atoms with Crippen molar-refractivity contribution in [1.29, 1.82) is 0 Å². The van der Waals surface area contributed by atoms with Crippen LogP contribution >= 0.6 is 11.3 Å². The van der Waals surface area contributed by atoms with Crippen LogP contribution < -0.4 is 5.73 Å². The zero-order chi connectivity index (χ0) is 24.7. The van der Waals surface area contributed by atoms with Crippen molar-refractivity contribution in [2.45, 2.75) is 29.1 Å². The second kappa shape index (κ2) is 9.56. The largest absolute Gasteiger partial charge is 0.326 e. The molecule has 2 aromatic rings. The van der Waals surface area contributed by atoms with E-state index in [9.17, 15) is 29.6 Å². The summed E-state index contributed by atoms with van der Waals surface area (Å²) in [6, 6.07) is 7.97. The van der Waals surface area contributed by atoms with Crippen LogP contribution in [0.3, 0.4) is 0 Å². The van der Waals surface area contributed by atoms with Crippen LogP contribution in [0.25, 0.3) is 0 Å². The molecule has 0 bridgehead atoms. The summed E-state index contributed by atoms with van der Waals surface area (Å²) in [4.78, 5) is 0.702. The van der Waals surface area contributed by atoms with Gasteiger partial charge in [-0.1, -0.05) is 12.1 Å². The van der Waals surface area contributed by atoms with Crippen LogP contribution in [-0.2, 0) is 36.4 Å². The number of hydrogen-bond donors (Lipinski definition) is 1. The van der Waals surface area contributed by atoms with Crippen LogP contribution in [0, 0.1) is 5.82 Å². The maximum atomic E-state index is 13.5. The van der Waals surface area contributed by atoms with E-state index >= 15 is 0 Å². The second-order valence-corrected chi connectivity index (χ2v) is 16.1. The molecule has 0 unspecified atom stereocenters. The topological polar surface area (TPSA) is 135 Å². The van der Waals surface area contributed by atoms with E-state index in [0.29, 0.717) is 10.4 Å². The van der Waals surface area contributed by atoms with Gasteiger partial charge in [-0.15, -0.1) is 11.3 Å². The van der Waals surface area contributed by atoms with E-state index in [4.69, 9.17) is 5.73 Å². The van der Waals surface area contributed by atoms with Crippen molar-refractivity contribution in [2.24, 2.45) is 5.73 Å². The number of rotatable bonds is 7. The standard InChI is InChI=1S/C20H26FN3O6S4/c21-17-3-1-15(2-4-17)16-11-18(14-33(27,28)20-6-5-19(12-22)31-20)24(13-16)34(29,30)23-7-9-32(25,26)10-8-23/h1-6,16,18H,7-14,22H2/t16-,18-/m0/s1. The molecule has 2 saturated heterocycles. The molecule has 3 heterocycles. The molecule has 0 aliphatic carbocycles. The van der Waals surface area contributed by atoms with Crippen LogP contribution in [0.5, 0.6) is 0 Å². The highest BCUT2D eigenvalue weighted by atomic mass is 32.2. The van der Waals surface area contributed by atoms with Gasteiger partial charge in [0.05, 0.1) is 17.3 Å². The highest BCUT2D eigenvalue weighted by Crippen LogP contribution is 2.37. The fourth-order valence-electron chi connectivity index (χ4n) is 4.34. The molecule has 0 amide bonds. The molecule has 1 aromatic heterocycles. The lowest BCUT2D eigenvalue weighted by atomic mass is 9.97. The SMILES string of the molecule is NCc1ccc(S(=O)(=O)C[C@@H]2C[C@H](c3ccc(F)cc3)CN2S(=O)(=O)N2CCS(=O)(=O)CC2)s1. The van der Waals surface area contributed by atoms with Gasteiger partial charge >= 0.3 is 0 Å². The van der Waals surface area contributed by atoms with Gasteiger partial charge < -0.3 is 5.73 Å². The Kier molecular flexibility index (Phi) is 7.22. The Balaban J connectivity index is 1.64. The van der Waals surface area contributed by atoms with E-state index in [1.54, 1.807) is 18.2 Å². The number of nitrogens with two attached hydrogens (primary N) is 1. The average Bonchev–Trinajstić information content (AvgIpc) is 3.42. The lowest BCUT2D eigenvalue weighted by Gasteiger charge is -2.32. The Labute approximate surface area is 203 Å². The Bertz CT molecular complexity index is 1340. The van der Waals surface area contributed by atoms with E-state index in [1.807, 2.05) is 0 Å². The minimum Gasteiger partial charge on any atom is -0.326 e. The van der Waals surface area contributed by atoms with Crippen molar-refractivity contribution in [3.05, 3.63) is 52.7 Å². The summed E-state index contributed by atoms with van der Waals surface area (Å²) in [7, 11) is -11.2. The predicted octanol–water partition coefficient (Wildman–Crippen LogP) is 0.953. The lowest BCUT2D eigenvalue weighted by Crippen LogP contribution is -2.52. The molecule has 0 spiro atoms. The number of halogens is 1. The molecule has 2 atom stereocenters. The fourth-order valence-corrected chi connectivity index (χ4v) is 10.6. The smallest absolute Gasteiger partial charge is 0.282 e. The normalized spacial score (nSPS) is 24.4. The van der Waals surface area contributed by atoms with Gasteiger partial charge in [-0.2, -0.15) is 17.0 Å². The third-order valence-corrected chi connectivity index (χ3v) is 13.3. The van der Waals surface area contributed by atoms with Gasteiger partial charge in [0, 0.05) is 37.1 Å². The van der Waals surface area contributed by atoms with Gasteiger partial charge in [0.15, 0.2) is 19.7 Å². The molecule has 2 aliphatic heterocycles. The molecule has 14 heteroatoms. The Morgan fingerprint density at radius 1 is 1.03 bits per heavy atom. The number of thiophene rings is 1. The van der Waals surface area contributed by atoms with Crippen molar-refractivity contribution in [3.63, 3.8) is 0 Å². The summed E-state index contributed by atoms with van der Waals surface area (Å²) in [5.74, 6) is -1.72. The van der Waals surface area contributed by atoms with Gasteiger partial charge in [-0.3, -0.25) is 0 Å². The zero-order valence-electron chi connectivity index (χ0n) is 18.2. The van der Waals surface area contributed by atoms with Gasteiger partial charge in [-0.25, -0.2) is 21.2 Å². The van der Waals surface area contributed by atoms with E-state index in [0.717, 1.165) is 15.6 Å². The first-order chi connectivity index (χ1) is 15.9. The second-order valence-electron chi connectivity index (χ2n) is 8.47. The number of nitrogens with zero attached hydrogens (tertiary/aromatic N) is 2. The average molecular weight is 552 g/mol. The van der Waals surface area contributed by atoms with Crippen molar-refractivity contribution < 1.29 is 29.6 Å². The highest BCUT2D eigenvalue weighted by Gasteiger charge is 2.45. The maximum Gasteiger partial charge on any atom is 0.282 e.